The number of aromatic nitrogens is 2. The van der Waals surface area contributed by atoms with Crippen molar-refractivity contribution in [2.75, 3.05) is 7.11 Å². The number of fused-ring (bicyclic) bond motifs is 2. The molecule has 0 radical (unpaired) electrons. The molecule has 144 valence electrons. The molecule has 2 aliphatic rings. The number of para-hydroxylation sites is 1. The zero-order valence-corrected chi connectivity index (χ0v) is 16.3. The molecule has 5 heteroatoms. The van der Waals surface area contributed by atoms with Gasteiger partial charge in [0.15, 0.2) is 0 Å². The monoisotopic (exact) mass is 367 g/mol. The number of rotatable bonds is 6. The van der Waals surface area contributed by atoms with Gasteiger partial charge in [-0.3, -0.25) is 4.90 Å². The van der Waals surface area contributed by atoms with E-state index in [1.54, 1.807) is 7.11 Å². The first kappa shape index (κ1) is 18.4. The van der Waals surface area contributed by atoms with Crippen molar-refractivity contribution < 1.29 is 9.84 Å². The highest BCUT2D eigenvalue weighted by atomic mass is 16.5. The normalized spacial score (nSPS) is 27.7. The Labute approximate surface area is 161 Å². The van der Waals surface area contributed by atoms with E-state index in [-0.39, 0.29) is 0 Å². The van der Waals surface area contributed by atoms with Crippen LogP contribution in [-0.4, -0.2) is 39.2 Å². The molecule has 1 N–H and O–H groups in total. The van der Waals surface area contributed by atoms with Crippen LogP contribution in [0.1, 0.15) is 56.0 Å². The second-order valence-corrected chi connectivity index (χ2v) is 7.95. The van der Waals surface area contributed by atoms with Gasteiger partial charge in [0.2, 0.25) is 0 Å². The Hall–Kier alpha value is -1.98. The minimum absolute atomic E-state index is 0.383. The van der Waals surface area contributed by atoms with E-state index in [9.17, 15) is 5.11 Å². The van der Waals surface area contributed by atoms with E-state index < -0.39 is 5.60 Å². The van der Waals surface area contributed by atoms with E-state index in [1.807, 2.05) is 36.7 Å². The van der Waals surface area contributed by atoms with Crippen LogP contribution in [-0.2, 0) is 18.6 Å². The molecule has 2 unspecified atom stereocenters. The summed E-state index contributed by atoms with van der Waals surface area (Å²) in [6, 6.07) is 8.66. The third-order valence-electron chi connectivity index (χ3n) is 6.12. The van der Waals surface area contributed by atoms with Crippen molar-refractivity contribution in [1.29, 1.82) is 0 Å². The fraction of sp³-hybridized carbons (Fsp3) is 0.545. The summed E-state index contributed by atoms with van der Waals surface area (Å²) >= 11 is 0. The van der Waals surface area contributed by atoms with E-state index in [4.69, 9.17) is 4.74 Å². The number of methoxy groups -OCH3 is 1. The fourth-order valence-corrected chi connectivity index (χ4v) is 4.85. The molecule has 2 atom stereocenters. The number of nitrogens with zero attached hydrogens (tertiary/aromatic N) is 3. The predicted molar refractivity (Wildman–Crippen MR) is 105 cm³/mol. The number of ether oxygens (including phenoxy) is 1. The Bertz CT molecular complexity index is 763. The molecular formula is C22H29N3O2. The topological polar surface area (TPSA) is 58.5 Å². The third kappa shape index (κ3) is 3.58. The summed E-state index contributed by atoms with van der Waals surface area (Å²) in [7, 11) is 1.67. The van der Waals surface area contributed by atoms with Crippen LogP contribution in [0.25, 0.3) is 0 Å². The molecule has 0 spiro atoms. The maximum absolute atomic E-state index is 11.5. The molecule has 3 heterocycles. The Kier molecular flexibility index (Phi) is 5.15. The van der Waals surface area contributed by atoms with E-state index in [0.717, 1.165) is 67.8 Å². The van der Waals surface area contributed by atoms with Crippen molar-refractivity contribution >= 4 is 0 Å². The van der Waals surface area contributed by atoms with Gasteiger partial charge in [0.25, 0.3) is 0 Å². The fourth-order valence-electron chi connectivity index (χ4n) is 4.85. The van der Waals surface area contributed by atoms with Crippen LogP contribution >= 0.6 is 0 Å². The van der Waals surface area contributed by atoms with Gasteiger partial charge in [0.05, 0.1) is 12.7 Å². The van der Waals surface area contributed by atoms with Crippen molar-refractivity contribution in [3.8, 4) is 5.75 Å². The average molecular weight is 367 g/mol. The summed E-state index contributed by atoms with van der Waals surface area (Å²) in [5.41, 5.74) is 1.28. The average Bonchev–Trinajstić information content (AvgIpc) is 2.93. The lowest BCUT2D eigenvalue weighted by Gasteiger charge is -2.44. The molecule has 5 nitrogen and oxygen atoms in total. The van der Waals surface area contributed by atoms with Crippen LogP contribution in [0.5, 0.6) is 5.75 Å². The van der Waals surface area contributed by atoms with Crippen LogP contribution in [0.2, 0.25) is 0 Å². The minimum Gasteiger partial charge on any atom is -0.496 e. The first-order chi connectivity index (χ1) is 13.1. The van der Waals surface area contributed by atoms with Gasteiger partial charge >= 0.3 is 0 Å². The molecule has 0 aliphatic carbocycles. The lowest BCUT2D eigenvalue weighted by molar-refractivity contribution is -0.0607. The molecular weight excluding hydrogens is 338 g/mol. The number of hydrogen-bond acceptors (Lipinski definition) is 5. The van der Waals surface area contributed by atoms with Gasteiger partial charge in [-0.2, -0.15) is 0 Å². The molecule has 2 saturated heterocycles. The molecule has 4 rings (SSSR count). The largest absolute Gasteiger partial charge is 0.496 e. The summed E-state index contributed by atoms with van der Waals surface area (Å²) in [4.78, 5) is 11.5. The highest BCUT2D eigenvalue weighted by Crippen LogP contribution is 2.48. The Balaban J connectivity index is 1.50. The maximum Gasteiger partial charge on any atom is 0.128 e. The second-order valence-electron chi connectivity index (χ2n) is 7.95. The van der Waals surface area contributed by atoms with Gasteiger partial charge in [-0.25, -0.2) is 9.97 Å². The van der Waals surface area contributed by atoms with E-state index >= 15 is 0 Å². The smallest absolute Gasteiger partial charge is 0.128 e. The van der Waals surface area contributed by atoms with E-state index in [2.05, 4.69) is 21.8 Å². The molecule has 2 aromatic rings. The van der Waals surface area contributed by atoms with Crippen LogP contribution in [0.15, 0.2) is 36.7 Å². The summed E-state index contributed by atoms with van der Waals surface area (Å²) in [5, 5.41) is 11.5. The van der Waals surface area contributed by atoms with Crippen molar-refractivity contribution in [3.05, 3.63) is 53.6 Å². The Morgan fingerprint density at radius 3 is 2.44 bits per heavy atom. The molecule has 1 aromatic heterocycles. The lowest BCUT2D eigenvalue weighted by Crippen LogP contribution is -2.49. The second kappa shape index (κ2) is 7.56. The molecule has 27 heavy (non-hydrogen) atoms. The van der Waals surface area contributed by atoms with Gasteiger partial charge in [0.1, 0.15) is 11.6 Å². The minimum atomic E-state index is -0.809. The van der Waals surface area contributed by atoms with Crippen LogP contribution in [0.4, 0.5) is 0 Å². The molecule has 2 bridgehead atoms. The summed E-state index contributed by atoms with van der Waals surface area (Å²) in [6.07, 6.45) is 9.71. The van der Waals surface area contributed by atoms with E-state index in [1.165, 1.54) is 0 Å². The standard InChI is InChI=1S/C22H29N3O2/c1-3-6-21-23-13-16(14-24-21)15-25-17-9-10-18(25)12-22(26,11-17)19-7-4-5-8-20(19)27-2/h4-5,7-8,13-14,17-18,26H,3,6,9-12,15H2,1-2H3. The summed E-state index contributed by atoms with van der Waals surface area (Å²) in [6.45, 7) is 3.01. The summed E-state index contributed by atoms with van der Waals surface area (Å²) in [5.74, 6) is 1.71. The van der Waals surface area contributed by atoms with Gasteiger partial charge in [-0.1, -0.05) is 25.1 Å². The van der Waals surface area contributed by atoms with Gasteiger partial charge in [0, 0.05) is 48.6 Å². The van der Waals surface area contributed by atoms with Gasteiger partial charge in [-0.15, -0.1) is 0 Å². The lowest BCUT2D eigenvalue weighted by atomic mass is 9.80. The molecule has 0 amide bonds. The van der Waals surface area contributed by atoms with Crippen LogP contribution < -0.4 is 4.74 Å². The third-order valence-corrected chi connectivity index (χ3v) is 6.12. The van der Waals surface area contributed by atoms with Crippen molar-refractivity contribution in [2.24, 2.45) is 0 Å². The summed E-state index contributed by atoms with van der Waals surface area (Å²) < 4.78 is 5.52. The Morgan fingerprint density at radius 2 is 1.81 bits per heavy atom. The SMILES string of the molecule is CCCc1ncc(CN2C3CCC2CC(O)(c2ccccc2OC)C3)cn1. The highest BCUT2D eigenvalue weighted by molar-refractivity contribution is 5.39. The molecule has 2 aliphatic heterocycles. The first-order valence-corrected chi connectivity index (χ1v) is 10.0. The van der Waals surface area contributed by atoms with Gasteiger partial charge in [-0.05, 0) is 38.2 Å². The van der Waals surface area contributed by atoms with E-state index in [0.29, 0.717) is 12.1 Å². The zero-order valence-electron chi connectivity index (χ0n) is 16.3. The van der Waals surface area contributed by atoms with Crippen molar-refractivity contribution in [2.45, 2.75) is 69.7 Å². The maximum atomic E-state index is 11.5. The number of benzene rings is 1. The molecule has 1 aromatic carbocycles. The number of piperidine rings is 1. The number of hydrogen-bond donors (Lipinski definition) is 1. The van der Waals surface area contributed by atoms with Gasteiger partial charge < -0.3 is 9.84 Å². The van der Waals surface area contributed by atoms with Crippen molar-refractivity contribution in [3.63, 3.8) is 0 Å². The first-order valence-electron chi connectivity index (χ1n) is 10.0. The molecule has 2 fully saturated rings. The quantitative estimate of drug-likeness (QED) is 0.847. The van der Waals surface area contributed by atoms with Crippen LogP contribution in [0, 0.1) is 0 Å². The highest BCUT2D eigenvalue weighted by Gasteiger charge is 2.49. The Morgan fingerprint density at radius 1 is 1.15 bits per heavy atom. The zero-order chi connectivity index (χ0) is 18.9. The predicted octanol–water partition coefficient (Wildman–Crippen LogP) is 3.45. The van der Waals surface area contributed by atoms with Crippen LogP contribution in [0.3, 0.4) is 0 Å². The number of aliphatic hydroxyl groups is 1. The molecule has 0 saturated carbocycles. The van der Waals surface area contributed by atoms with Crippen molar-refractivity contribution in [1.82, 2.24) is 14.9 Å². The number of aryl methyl sites for hydroxylation is 1.